The first-order valence-electron chi connectivity index (χ1n) is 6.54. The zero-order valence-electron chi connectivity index (χ0n) is 11.9. The van der Waals surface area contributed by atoms with Gasteiger partial charge in [0.05, 0.1) is 10.8 Å². The third-order valence-corrected chi connectivity index (χ3v) is 4.48. The van der Waals surface area contributed by atoms with E-state index in [2.05, 4.69) is 20.5 Å². The van der Waals surface area contributed by atoms with Crippen molar-refractivity contribution < 1.29 is 13.6 Å². The van der Waals surface area contributed by atoms with Gasteiger partial charge in [0.2, 0.25) is 5.91 Å². The SMILES string of the molecule is Cc1nc(-c2nnc(NC(=O)CSc3ccc(F)cc3)o2)cs1. The second-order valence-corrected chi connectivity index (χ2v) is 6.57. The van der Waals surface area contributed by atoms with Gasteiger partial charge in [0.25, 0.3) is 5.89 Å². The smallest absolute Gasteiger partial charge is 0.322 e. The highest BCUT2D eigenvalue weighted by Crippen LogP contribution is 2.22. The normalized spacial score (nSPS) is 10.7. The molecule has 0 bridgehead atoms. The van der Waals surface area contributed by atoms with Crippen molar-refractivity contribution in [2.24, 2.45) is 0 Å². The van der Waals surface area contributed by atoms with Crippen LogP contribution in [0, 0.1) is 12.7 Å². The van der Waals surface area contributed by atoms with Crippen LogP contribution in [0.25, 0.3) is 11.6 Å². The van der Waals surface area contributed by atoms with Crippen LogP contribution in [-0.2, 0) is 4.79 Å². The molecule has 0 atom stereocenters. The first kappa shape index (κ1) is 15.6. The van der Waals surface area contributed by atoms with Crippen LogP contribution in [-0.4, -0.2) is 26.8 Å². The second kappa shape index (κ2) is 6.88. The molecule has 9 heteroatoms. The van der Waals surface area contributed by atoms with Crippen LogP contribution >= 0.6 is 23.1 Å². The Morgan fingerprint density at radius 2 is 2.13 bits per heavy atom. The summed E-state index contributed by atoms with van der Waals surface area (Å²) in [5, 5.41) is 12.8. The third-order valence-electron chi connectivity index (χ3n) is 2.69. The number of aryl methyl sites for hydroxylation is 1. The van der Waals surface area contributed by atoms with E-state index < -0.39 is 0 Å². The fourth-order valence-corrected chi connectivity index (χ4v) is 2.96. The molecule has 0 spiro atoms. The van der Waals surface area contributed by atoms with E-state index in [0.717, 1.165) is 9.90 Å². The number of anilines is 1. The molecule has 0 aliphatic rings. The van der Waals surface area contributed by atoms with Crippen molar-refractivity contribution >= 4 is 35.0 Å². The number of hydrogen-bond acceptors (Lipinski definition) is 7. The van der Waals surface area contributed by atoms with Crippen molar-refractivity contribution in [2.45, 2.75) is 11.8 Å². The molecule has 6 nitrogen and oxygen atoms in total. The van der Waals surface area contributed by atoms with Crippen LogP contribution in [0.2, 0.25) is 0 Å². The predicted molar refractivity (Wildman–Crippen MR) is 85.9 cm³/mol. The lowest BCUT2D eigenvalue weighted by Gasteiger charge is -2.01. The minimum absolute atomic E-state index is 0.0235. The Balaban J connectivity index is 1.56. The van der Waals surface area contributed by atoms with Gasteiger partial charge in [0.15, 0.2) is 0 Å². The number of thioether (sulfide) groups is 1. The molecule has 1 aromatic carbocycles. The van der Waals surface area contributed by atoms with Crippen LogP contribution in [0.15, 0.2) is 39.0 Å². The van der Waals surface area contributed by atoms with Crippen molar-refractivity contribution in [1.82, 2.24) is 15.2 Å². The molecule has 3 aromatic rings. The number of benzene rings is 1. The summed E-state index contributed by atoms with van der Waals surface area (Å²) in [4.78, 5) is 16.9. The molecule has 1 amide bonds. The molecule has 0 saturated heterocycles. The maximum Gasteiger partial charge on any atom is 0.322 e. The average Bonchev–Trinajstić information content (AvgIpc) is 3.16. The molecule has 0 radical (unpaired) electrons. The van der Waals surface area contributed by atoms with Gasteiger partial charge in [-0.25, -0.2) is 9.37 Å². The van der Waals surface area contributed by atoms with Gasteiger partial charge in [-0.15, -0.1) is 28.2 Å². The van der Waals surface area contributed by atoms with Gasteiger partial charge < -0.3 is 4.42 Å². The van der Waals surface area contributed by atoms with Gasteiger partial charge in [-0.1, -0.05) is 5.10 Å². The highest BCUT2D eigenvalue weighted by molar-refractivity contribution is 8.00. The lowest BCUT2D eigenvalue weighted by Crippen LogP contribution is -2.14. The molecule has 0 aliphatic carbocycles. The molecule has 0 unspecified atom stereocenters. The van der Waals surface area contributed by atoms with E-state index in [1.165, 1.54) is 35.2 Å². The zero-order valence-corrected chi connectivity index (χ0v) is 13.6. The van der Waals surface area contributed by atoms with Crippen molar-refractivity contribution in [2.75, 3.05) is 11.1 Å². The number of carbonyl (C=O) groups excluding carboxylic acids is 1. The summed E-state index contributed by atoms with van der Waals surface area (Å²) in [6.07, 6.45) is 0. The van der Waals surface area contributed by atoms with E-state index in [1.54, 1.807) is 17.5 Å². The molecule has 0 aliphatic heterocycles. The van der Waals surface area contributed by atoms with Crippen LogP contribution in [0.5, 0.6) is 0 Å². The van der Waals surface area contributed by atoms with Crippen LogP contribution in [0.1, 0.15) is 5.01 Å². The van der Waals surface area contributed by atoms with E-state index in [4.69, 9.17) is 4.42 Å². The number of thiazole rings is 1. The lowest BCUT2D eigenvalue weighted by atomic mass is 10.4. The lowest BCUT2D eigenvalue weighted by molar-refractivity contribution is -0.113. The summed E-state index contributed by atoms with van der Waals surface area (Å²) in [7, 11) is 0. The number of carbonyl (C=O) groups is 1. The molecule has 1 N–H and O–H groups in total. The third kappa shape index (κ3) is 4.14. The number of rotatable bonds is 5. The zero-order chi connectivity index (χ0) is 16.2. The van der Waals surface area contributed by atoms with E-state index in [-0.39, 0.29) is 29.4 Å². The van der Waals surface area contributed by atoms with E-state index >= 15 is 0 Å². The summed E-state index contributed by atoms with van der Waals surface area (Å²) in [5.41, 5.74) is 0.584. The van der Waals surface area contributed by atoms with Gasteiger partial charge >= 0.3 is 6.01 Å². The highest BCUT2D eigenvalue weighted by atomic mass is 32.2. The van der Waals surface area contributed by atoms with Crippen LogP contribution < -0.4 is 5.32 Å². The molecule has 0 saturated carbocycles. The number of halogens is 1. The number of nitrogens with one attached hydrogen (secondary N) is 1. The van der Waals surface area contributed by atoms with Gasteiger partial charge in [-0.3, -0.25) is 10.1 Å². The molecule has 2 aromatic heterocycles. The van der Waals surface area contributed by atoms with Crippen LogP contribution in [0.3, 0.4) is 0 Å². The van der Waals surface area contributed by atoms with Crippen LogP contribution in [0.4, 0.5) is 10.4 Å². The van der Waals surface area contributed by atoms with Crippen molar-refractivity contribution in [3.05, 3.63) is 40.5 Å². The topological polar surface area (TPSA) is 80.9 Å². The summed E-state index contributed by atoms with van der Waals surface area (Å²) in [6.45, 7) is 1.87. The number of nitrogens with zero attached hydrogens (tertiary/aromatic N) is 3. The first-order valence-corrected chi connectivity index (χ1v) is 8.41. The second-order valence-electron chi connectivity index (χ2n) is 4.45. The average molecular weight is 350 g/mol. The maximum absolute atomic E-state index is 12.8. The Kier molecular flexibility index (Phi) is 4.68. The minimum atomic E-state index is -0.311. The largest absolute Gasteiger partial charge is 0.401 e. The minimum Gasteiger partial charge on any atom is -0.401 e. The van der Waals surface area contributed by atoms with E-state index in [1.807, 2.05) is 6.92 Å². The molecule has 2 heterocycles. The monoisotopic (exact) mass is 350 g/mol. The predicted octanol–water partition coefficient (Wildman–Crippen LogP) is 3.37. The molecular formula is C14H11FN4O2S2. The maximum atomic E-state index is 12.8. The van der Waals surface area contributed by atoms with Gasteiger partial charge in [0, 0.05) is 10.3 Å². The molecule has 0 fully saturated rings. The highest BCUT2D eigenvalue weighted by Gasteiger charge is 2.13. The van der Waals surface area contributed by atoms with E-state index in [9.17, 15) is 9.18 Å². The summed E-state index contributed by atoms with van der Waals surface area (Å²) in [5.74, 6) is -0.187. The first-order chi connectivity index (χ1) is 11.1. The fourth-order valence-electron chi connectivity index (χ4n) is 1.67. The quantitative estimate of drug-likeness (QED) is 0.711. The van der Waals surface area contributed by atoms with Gasteiger partial charge in [-0.05, 0) is 31.2 Å². The molecular weight excluding hydrogens is 339 g/mol. The Hall–Kier alpha value is -2.26. The number of hydrogen-bond donors (Lipinski definition) is 1. The Labute approximate surface area is 139 Å². The van der Waals surface area contributed by atoms with E-state index in [0.29, 0.717) is 5.69 Å². The van der Waals surface area contributed by atoms with Crippen molar-refractivity contribution in [3.63, 3.8) is 0 Å². The van der Waals surface area contributed by atoms with Crippen molar-refractivity contribution in [1.29, 1.82) is 0 Å². The molecule has 118 valence electrons. The summed E-state index contributed by atoms with van der Waals surface area (Å²) >= 11 is 2.76. The Bertz CT molecular complexity index is 816. The summed E-state index contributed by atoms with van der Waals surface area (Å²) in [6, 6.07) is 5.95. The van der Waals surface area contributed by atoms with Gasteiger partial charge in [-0.2, -0.15) is 0 Å². The Morgan fingerprint density at radius 3 is 2.83 bits per heavy atom. The molecule has 3 rings (SSSR count). The Morgan fingerprint density at radius 1 is 1.35 bits per heavy atom. The number of aromatic nitrogens is 3. The van der Waals surface area contributed by atoms with Crippen molar-refractivity contribution in [3.8, 4) is 11.6 Å². The van der Waals surface area contributed by atoms with Gasteiger partial charge in [0.1, 0.15) is 11.5 Å². The summed E-state index contributed by atoms with van der Waals surface area (Å²) < 4.78 is 18.1. The standard InChI is InChI=1S/C14H11FN4O2S2/c1-8-16-11(6-22-8)13-18-19-14(21-13)17-12(20)7-23-10-4-2-9(15)3-5-10/h2-6H,7H2,1H3,(H,17,19,20). The number of amides is 1. The fraction of sp³-hybridized carbons (Fsp3) is 0.143. The molecule has 23 heavy (non-hydrogen) atoms.